The van der Waals surface area contributed by atoms with E-state index in [2.05, 4.69) is 15.5 Å². The number of rotatable bonds is 11. The van der Waals surface area contributed by atoms with Gasteiger partial charge in [0.05, 0.1) is 29.9 Å². The lowest BCUT2D eigenvalue weighted by atomic mass is 10.1. The van der Waals surface area contributed by atoms with E-state index in [4.69, 9.17) is 26.8 Å². The van der Waals surface area contributed by atoms with Crippen LogP contribution in [0.2, 0.25) is 5.02 Å². The fourth-order valence-corrected chi connectivity index (χ4v) is 5.37. The van der Waals surface area contributed by atoms with Crippen molar-refractivity contribution in [2.45, 2.75) is 31.8 Å². The van der Waals surface area contributed by atoms with Crippen molar-refractivity contribution < 1.29 is 23.9 Å². The van der Waals surface area contributed by atoms with Crippen LogP contribution in [-0.4, -0.2) is 52.0 Å². The number of thioether (sulfide) groups is 1. The molecule has 0 aliphatic rings. The molecule has 0 spiro atoms. The van der Waals surface area contributed by atoms with Gasteiger partial charge in [-0.3, -0.25) is 9.59 Å². The summed E-state index contributed by atoms with van der Waals surface area (Å²) in [6.45, 7) is 4.03. The van der Waals surface area contributed by atoms with E-state index in [0.29, 0.717) is 28.8 Å². The van der Waals surface area contributed by atoms with Crippen LogP contribution in [0.3, 0.4) is 0 Å². The monoisotopic (exact) mass is 551 g/mol. The van der Waals surface area contributed by atoms with Crippen molar-refractivity contribution in [3.8, 4) is 5.75 Å². The van der Waals surface area contributed by atoms with Crippen LogP contribution >= 0.6 is 34.7 Å². The summed E-state index contributed by atoms with van der Waals surface area (Å²) in [6.07, 6.45) is 1.38. The Balaban J connectivity index is 1.54. The minimum absolute atomic E-state index is 0.0222. The molecule has 3 rings (SSSR count). The summed E-state index contributed by atoms with van der Waals surface area (Å²) in [7, 11) is 3.05. The lowest BCUT2D eigenvalue weighted by Crippen LogP contribution is -2.16. The molecule has 0 atom stereocenters. The average Bonchev–Trinajstić information content (AvgIpc) is 3.35. The Morgan fingerprint density at radius 2 is 2.00 bits per heavy atom. The van der Waals surface area contributed by atoms with Crippen molar-refractivity contribution in [2.24, 2.45) is 12.8 Å². The molecule has 36 heavy (non-hydrogen) atoms. The maximum absolute atomic E-state index is 12.6. The van der Waals surface area contributed by atoms with E-state index < -0.39 is 11.9 Å². The number of nitrogens with zero attached hydrogens (tertiary/aromatic N) is 3. The molecule has 2 amide bonds. The molecule has 1 aromatic carbocycles. The smallest absolute Gasteiger partial charge is 0.341 e. The van der Waals surface area contributed by atoms with Gasteiger partial charge in [-0.1, -0.05) is 23.4 Å². The van der Waals surface area contributed by atoms with Gasteiger partial charge in [-0.2, -0.15) is 0 Å². The molecule has 0 aliphatic heterocycles. The molecular formula is C23H26ClN5O5S2. The van der Waals surface area contributed by atoms with Gasteiger partial charge in [-0.05, 0) is 49.6 Å². The summed E-state index contributed by atoms with van der Waals surface area (Å²) in [5.41, 5.74) is 6.84. The molecule has 0 fully saturated rings. The second-order valence-corrected chi connectivity index (χ2v) is 10.2. The van der Waals surface area contributed by atoms with Crippen molar-refractivity contribution in [3.05, 3.63) is 50.6 Å². The lowest BCUT2D eigenvalue weighted by Gasteiger charge is -2.09. The number of carbonyl (C=O) groups excluding carboxylic acids is 3. The molecule has 192 valence electrons. The van der Waals surface area contributed by atoms with Crippen LogP contribution < -0.4 is 15.8 Å². The van der Waals surface area contributed by atoms with E-state index in [9.17, 15) is 14.4 Å². The summed E-state index contributed by atoms with van der Waals surface area (Å²) in [4.78, 5) is 36.6. The second kappa shape index (κ2) is 12.2. The molecule has 3 aromatic rings. The molecule has 0 aliphatic carbocycles. The molecule has 10 nitrogen and oxygen atoms in total. The minimum atomic E-state index is -0.683. The number of anilines is 1. The van der Waals surface area contributed by atoms with Crippen molar-refractivity contribution in [2.75, 3.05) is 24.8 Å². The number of aromatic nitrogens is 3. The highest BCUT2D eigenvalue weighted by atomic mass is 35.5. The highest BCUT2D eigenvalue weighted by Gasteiger charge is 2.25. The highest BCUT2D eigenvalue weighted by molar-refractivity contribution is 7.99. The number of nitrogens with two attached hydrogens (primary N) is 1. The number of methoxy groups -OCH3 is 1. The standard InChI is InChI=1S/C23H26ClN5O5S2/c1-12-10-14(24)7-8-15(12)34-9-5-6-16-27-28-23(29(16)3)35-11-17(30)26-21-18(22(32)33-4)13(2)19(36-21)20(25)31/h7-8,10H,5-6,9,11H2,1-4H3,(H2,25,31)(H,26,30). The van der Waals surface area contributed by atoms with E-state index in [1.54, 1.807) is 13.0 Å². The number of esters is 1. The number of ether oxygens (including phenoxy) is 2. The Morgan fingerprint density at radius 1 is 1.25 bits per heavy atom. The topological polar surface area (TPSA) is 138 Å². The number of aryl methyl sites for hydroxylation is 2. The maximum atomic E-state index is 12.6. The van der Waals surface area contributed by atoms with Crippen LogP contribution in [0, 0.1) is 13.8 Å². The van der Waals surface area contributed by atoms with Gasteiger partial charge in [0.1, 0.15) is 16.6 Å². The van der Waals surface area contributed by atoms with Gasteiger partial charge < -0.3 is 25.1 Å². The second-order valence-electron chi connectivity index (χ2n) is 7.77. The van der Waals surface area contributed by atoms with Gasteiger partial charge in [0, 0.05) is 18.5 Å². The predicted octanol–water partition coefficient (Wildman–Crippen LogP) is 3.77. The molecule has 0 saturated heterocycles. The predicted molar refractivity (Wildman–Crippen MR) is 139 cm³/mol. The van der Waals surface area contributed by atoms with Gasteiger partial charge in [0.25, 0.3) is 5.91 Å². The zero-order chi connectivity index (χ0) is 26.4. The fourth-order valence-electron chi connectivity index (χ4n) is 3.35. The Kier molecular flexibility index (Phi) is 9.35. The maximum Gasteiger partial charge on any atom is 0.341 e. The summed E-state index contributed by atoms with van der Waals surface area (Å²) in [6, 6.07) is 5.49. The van der Waals surface area contributed by atoms with Crippen LogP contribution in [0.15, 0.2) is 23.4 Å². The summed E-state index contributed by atoms with van der Waals surface area (Å²) in [5, 5.41) is 12.5. The fraction of sp³-hybridized carbons (Fsp3) is 0.348. The van der Waals surface area contributed by atoms with E-state index in [0.717, 1.165) is 34.9 Å². The first-order chi connectivity index (χ1) is 17.1. The van der Waals surface area contributed by atoms with E-state index in [1.807, 2.05) is 30.7 Å². The molecule has 2 heterocycles. The molecule has 0 radical (unpaired) electrons. The SMILES string of the molecule is COC(=O)c1c(NC(=O)CSc2nnc(CCCOc3ccc(Cl)cc3C)n2C)sc(C(N)=O)c1C. The zero-order valence-corrected chi connectivity index (χ0v) is 22.6. The van der Waals surface area contributed by atoms with Crippen LogP contribution in [-0.2, 0) is 23.0 Å². The summed E-state index contributed by atoms with van der Waals surface area (Å²) in [5.74, 6) is -0.140. The molecule has 2 aromatic heterocycles. The molecule has 0 saturated carbocycles. The molecule has 3 N–H and O–H groups in total. The van der Waals surface area contributed by atoms with Gasteiger partial charge in [-0.25, -0.2) is 4.79 Å². The number of thiophene rings is 1. The molecule has 13 heteroatoms. The first kappa shape index (κ1) is 27.5. The van der Waals surface area contributed by atoms with Crippen molar-refractivity contribution >= 4 is 57.5 Å². The van der Waals surface area contributed by atoms with Crippen molar-refractivity contribution in [1.29, 1.82) is 0 Å². The van der Waals surface area contributed by atoms with Crippen LogP contribution in [0.25, 0.3) is 0 Å². The number of amides is 2. The molecule has 0 unspecified atom stereocenters. The quantitative estimate of drug-likeness (QED) is 0.208. The number of nitrogens with one attached hydrogen (secondary N) is 1. The van der Waals surface area contributed by atoms with E-state index in [-0.39, 0.29) is 27.1 Å². The normalized spacial score (nSPS) is 10.8. The summed E-state index contributed by atoms with van der Waals surface area (Å²) < 4.78 is 12.4. The molecular weight excluding hydrogens is 526 g/mol. The number of primary amides is 1. The summed E-state index contributed by atoms with van der Waals surface area (Å²) >= 11 is 8.11. The van der Waals surface area contributed by atoms with Crippen molar-refractivity contribution in [1.82, 2.24) is 14.8 Å². The Labute approximate surface area is 221 Å². The Hall–Kier alpha value is -3.09. The minimum Gasteiger partial charge on any atom is -0.493 e. The lowest BCUT2D eigenvalue weighted by molar-refractivity contribution is -0.113. The largest absolute Gasteiger partial charge is 0.493 e. The van der Waals surface area contributed by atoms with Gasteiger partial charge in [0.15, 0.2) is 5.16 Å². The first-order valence-electron chi connectivity index (χ1n) is 10.8. The third-order valence-corrected chi connectivity index (χ3v) is 7.69. The third kappa shape index (κ3) is 6.56. The van der Waals surface area contributed by atoms with E-state index >= 15 is 0 Å². The van der Waals surface area contributed by atoms with Crippen molar-refractivity contribution in [3.63, 3.8) is 0 Å². The Bertz CT molecular complexity index is 1290. The van der Waals surface area contributed by atoms with Crippen LogP contribution in [0.5, 0.6) is 5.75 Å². The molecule has 0 bridgehead atoms. The van der Waals surface area contributed by atoms with E-state index in [1.165, 1.54) is 18.9 Å². The number of halogens is 1. The zero-order valence-electron chi connectivity index (χ0n) is 20.2. The number of benzene rings is 1. The third-order valence-electron chi connectivity index (χ3n) is 5.21. The highest BCUT2D eigenvalue weighted by Crippen LogP contribution is 2.33. The number of hydrogen-bond acceptors (Lipinski definition) is 9. The van der Waals surface area contributed by atoms with Crippen LogP contribution in [0.1, 0.15) is 43.4 Å². The van der Waals surface area contributed by atoms with Gasteiger partial charge in [0.2, 0.25) is 5.91 Å². The first-order valence-corrected chi connectivity index (χ1v) is 13.0. The van der Waals surface area contributed by atoms with Crippen LogP contribution in [0.4, 0.5) is 5.00 Å². The Morgan fingerprint density at radius 3 is 2.67 bits per heavy atom. The number of hydrogen-bond donors (Lipinski definition) is 2. The number of carbonyl (C=O) groups is 3. The van der Waals surface area contributed by atoms with Gasteiger partial charge in [-0.15, -0.1) is 21.5 Å². The average molecular weight is 552 g/mol. The van der Waals surface area contributed by atoms with Gasteiger partial charge >= 0.3 is 5.97 Å².